The molecule has 23 heavy (non-hydrogen) atoms. The summed E-state index contributed by atoms with van der Waals surface area (Å²) >= 11 is 0. The Morgan fingerprint density at radius 1 is 1.22 bits per heavy atom. The maximum absolute atomic E-state index is 11.3. The number of benzene rings is 2. The first-order chi connectivity index (χ1) is 11.3. The van der Waals surface area contributed by atoms with Gasteiger partial charge < -0.3 is 15.0 Å². The molecule has 0 saturated carbocycles. The number of nitrogens with one attached hydrogen (secondary N) is 2. The number of fused-ring (bicyclic) bond motifs is 1. The lowest BCUT2D eigenvalue weighted by molar-refractivity contribution is 0.152. The lowest BCUT2D eigenvalue weighted by Crippen LogP contribution is -2.26. The van der Waals surface area contributed by atoms with E-state index in [4.69, 9.17) is 4.74 Å². The Kier molecular flexibility index (Phi) is 4.57. The zero-order valence-electron chi connectivity index (χ0n) is 13.0. The van der Waals surface area contributed by atoms with Gasteiger partial charge in [0.15, 0.2) is 0 Å². The van der Waals surface area contributed by atoms with Crippen molar-refractivity contribution in [3.05, 3.63) is 54.1 Å². The van der Waals surface area contributed by atoms with Crippen LogP contribution in [0, 0.1) is 0 Å². The smallest absolute Gasteiger partial charge is 0.407 e. The molecule has 1 aromatic heterocycles. The van der Waals surface area contributed by atoms with Gasteiger partial charge in [-0.05, 0) is 31.0 Å². The highest BCUT2D eigenvalue weighted by molar-refractivity contribution is 5.80. The summed E-state index contributed by atoms with van der Waals surface area (Å²) in [6.45, 7) is 2.72. The van der Waals surface area contributed by atoms with E-state index in [1.165, 1.54) is 0 Å². The van der Waals surface area contributed by atoms with Gasteiger partial charge in [0.1, 0.15) is 5.82 Å². The van der Waals surface area contributed by atoms with Crippen LogP contribution in [0.3, 0.4) is 0 Å². The number of alkyl carbamates (subject to hydrolysis) is 1. The lowest BCUT2D eigenvalue weighted by atomic mass is 10.1. The molecule has 0 atom stereocenters. The number of aromatic amines is 1. The van der Waals surface area contributed by atoms with Gasteiger partial charge in [0.05, 0.1) is 17.6 Å². The summed E-state index contributed by atoms with van der Waals surface area (Å²) in [6.07, 6.45) is 0.371. The van der Waals surface area contributed by atoms with Crippen molar-refractivity contribution >= 4 is 17.1 Å². The molecule has 0 aliphatic carbocycles. The first kappa shape index (κ1) is 15.1. The first-order valence-corrected chi connectivity index (χ1v) is 7.71. The van der Waals surface area contributed by atoms with Gasteiger partial charge >= 0.3 is 6.09 Å². The van der Waals surface area contributed by atoms with Crippen LogP contribution in [0.4, 0.5) is 4.79 Å². The van der Waals surface area contributed by atoms with Gasteiger partial charge in [-0.25, -0.2) is 9.78 Å². The van der Waals surface area contributed by atoms with E-state index in [0.717, 1.165) is 34.4 Å². The molecule has 0 bridgehead atoms. The molecule has 3 rings (SSSR count). The molecule has 0 unspecified atom stereocenters. The molecule has 0 saturated heterocycles. The summed E-state index contributed by atoms with van der Waals surface area (Å²) in [5.74, 6) is 0.863. The normalized spacial score (nSPS) is 10.7. The van der Waals surface area contributed by atoms with Crippen molar-refractivity contribution in [3.8, 4) is 11.4 Å². The van der Waals surface area contributed by atoms with Crippen LogP contribution in [-0.2, 0) is 11.2 Å². The Morgan fingerprint density at radius 3 is 2.83 bits per heavy atom. The minimum atomic E-state index is -0.374. The van der Waals surface area contributed by atoms with E-state index in [1.807, 2.05) is 42.5 Å². The van der Waals surface area contributed by atoms with Crippen molar-refractivity contribution in [2.24, 2.45) is 0 Å². The van der Waals surface area contributed by atoms with Crippen LogP contribution in [-0.4, -0.2) is 29.2 Å². The first-order valence-electron chi connectivity index (χ1n) is 7.71. The van der Waals surface area contributed by atoms with Gasteiger partial charge in [0, 0.05) is 12.1 Å². The zero-order chi connectivity index (χ0) is 16.1. The number of imidazole rings is 1. The third-order valence-corrected chi connectivity index (χ3v) is 3.55. The standard InChI is InChI=1S/C18H19N3O2/c1-2-23-18(22)19-11-10-13-8-9-15-16(12-13)21-17(20-15)14-6-4-3-5-7-14/h3-9,12H,2,10-11H2,1H3,(H,19,22)(H,20,21). The van der Waals surface area contributed by atoms with Crippen molar-refractivity contribution in [1.82, 2.24) is 15.3 Å². The molecule has 0 fully saturated rings. The van der Waals surface area contributed by atoms with Gasteiger partial charge in [-0.15, -0.1) is 0 Å². The number of carbonyl (C=O) groups is 1. The van der Waals surface area contributed by atoms with Gasteiger partial charge in [-0.1, -0.05) is 36.4 Å². The summed E-state index contributed by atoms with van der Waals surface area (Å²) in [6, 6.07) is 16.1. The number of ether oxygens (including phenoxy) is 1. The summed E-state index contributed by atoms with van der Waals surface area (Å²) < 4.78 is 4.84. The summed E-state index contributed by atoms with van der Waals surface area (Å²) in [4.78, 5) is 19.2. The Hall–Kier alpha value is -2.82. The molecule has 5 nitrogen and oxygen atoms in total. The number of nitrogens with zero attached hydrogens (tertiary/aromatic N) is 1. The largest absolute Gasteiger partial charge is 0.450 e. The predicted octanol–water partition coefficient (Wildman–Crippen LogP) is 3.52. The van der Waals surface area contributed by atoms with E-state index in [1.54, 1.807) is 6.92 Å². The zero-order valence-corrected chi connectivity index (χ0v) is 13.0. The Balaban J connectivity index is 1.71. The fourth-order valence-corrected chi connectivity index (χ4v) is 2.44. The number of carbonyl (C=O) groups excluding carboxylic acids is 1. The van der Waals surface area contributed by atoms with Crippen LogP contribution in [0.5, 0.6) is 0 Å². The third kappa shape index (κ3) is 3.69. The van der Waals surface area contributed by atoms with E-state index in [9.17, 15) is 4.79 Å². The van der Waals surface area contributed by atoms with Crippen molar-refractivity contribution in [2.45, 2.75) is 13.3 Å². The number of hydrogen-bond donors (Lipinski definition) is 2. The second-order valence-corrected chi connectivity index (χ2v) is 5.20. The lowest BCUT2D eigenvalue weighted by Gasteiger charge is -2.05. The molecule has 5 heteroatoms. The van der Waals surface area contributed by atoms with E-state index in [-0.39, 0.29) is 6.09 Å². The quantitative estimate of drug-likeness (QED) is 0.758. The molecule has 0 spiro atoms. The molecule has 1 heterocycles. The monoisotopic (exact) mass is 309 g/mol. The number of rotatable bonds is 5. The van der Waals surface area contributed by atoms with Gasteiger partial charge in [0.2, 0.25) is 0 Å². The fourth-order valence-electron chi connectivity index (χ4n) is 2.44. The summed E-state index contributed by atoms with van der Waals surface area (Å²) in [5, 5.41) is 2.72. The second kappa shape index (κ2) is 6.96. The van der Waals surface area contributed by atoms with Crippen LogP contribution in [0.2, 0.25) is 0 Å². The van der Waals surface area contributed by atoms with Gasteiger partial charge in [0.25, 0.3) is 0 Å². The third-order valence-electron chi connectivity index (χ3n) is 3.55. The van der Waals surface area contributed by atoms with Gasteiger partial charge in [-0.2, -0.15) is 0 Å². The molecule has 2 N–H and O–H groups in total. The molecular weight excluding hydrogens is 290 g/mol. The molecule has 0 aliphatic rings. The minimum absolute atomic E-state index is 0.374. The molecule has 118 valence electrons. The van der Waals surface area contributed by atoms with Crippen molar-refractivity contribution < 1.29 is 9.53 Å². The maximum Gasteiger partial charge on any atom is 0.407 e. The van der Waals surface area contributed by atoms with Crippen LogP contribution in [0.1, 0.15) is 12.5 Å². The highest BCUT2D eigenvalue weighted by Gasteiger charge is 2.06. The number of hydrogen-bond acceptors (Lipinski definition) is 3. The van der Waals surface area contributed by atoms with Crippen LogP contribution in [0.15, 0.2) is 48.5 Å². The Labute approximate surface area is 134 Å². The number of amides is 1. The van der Waals surface area contributed by atoms with Crippen molar-refractivity contribution in [3.63, 3.8) is 0 Å². The van der Waals surface area contributed by atoms with Crippen LogP contribution >= 0.6 is 0 Å². The number of aromatic nitrogens is 2. The Morgan fingerprint density at radius 2 is 2.04 bits per heavy atom. The number of H-pyrrole nitrogens is 1. The fraction of sp³-hybridized carbons (Fsp3) is 0.222. The minimum Gasteiger partial charge on any atom is -0.450 e. The molecule has 0 radical (unpaired) electrons. The van der Waals surface area contributed by atoms with E-state index < -0.39 is 0 Å². The highest BCUT2D eigenvalue weighted by Crippen LogP contribution is 2.21. The molecule has 1 amide bonds. The van der Waals surface area contributed by atoms with E-state index >= 15 is 0 Å². The maximum atomic E-state index is 11.3. The van der Waals surface area contributed by atoms with Crippen LogP contribution < -0.4 is 5.32 Å². The Bertz CT molecular complexity index is 796. The summed E-state index contributed by atoms with van der Waals surface area (Å²) in [5.41, 5.74) is 4.13. The SMILES string of the molecule is CCOC(=O)NCCc1ccc2nc(-c3ccccc3)[nH]c2c1. The molecule has 0 aliphatic heterocycles. The highest BCUT2D eigenvalue weighted by atomic mass is 16.5. The predicted molar refractivity (Wildman–Crippen MR) is 90.3 cm³/mol. The average molecular weight is 309 g/mol. The van der Waals surface area contributed by atoms with Crippen molar-refractivity contribution in [2.75, 3.05) is 13.2 Å². The van der Waals surface area contributed by atoms with Gasteiger partial charge in [-0.3, -0.25) is 0 Å². The second-order valence-electron chi connectivity index (χ2n) is 5.20. The van der Waals surface area contributed by atoms with Crippen molar-refractivity contribution in [1.29, 1.82) is 0 Å². The van der Waals surface area contributed by atoms with E-state index in [2.05, 4.69) is 21.4 Å². The molecule has 3 aromatic rings. The molecule has 2 aromatic carbocycles. The summed E-state index contributed by atoms with van der Waals surface area (Å²) in [7, 11) is 0. The van der Waals surface area contributed by atoms with E-state index in [0.29, 0.717) is 13.2 Å². The van der Waals surface area contributed by atoms with Crippen LogP contribution in [0.25, 0.3) is 22.4 Å². The molecular formula is C18H19N3O2. The average Bonchev–Trinajstić information content (AvgIpc) is 2.99. The topological polar surface area (TPSA) is 67.0 Å².